The lowest BCUT2D eigenvalue weighted by atomic mass is 10.1. The van der Waals surface area contributed by atoms with E-state index in [-0.39, 0.29) is 23.5 Å². The number of amides is 1. The molecular weight excluding hydrogens is 370 g/mol. The Labute approximate surface area is 172 Å². The van der Waals surface area contributed by atoms with Crippen LogP contribution in [0.4, 0.5) is 11.5 Å². The fourth-order valence-corrected chi connectivity index (χ4v) is 4.73. The molecular formula is C21H36N5O3+. The fraction of sp³-hybridized carbons (Fsp3) is 0.762. The zero-order valence-electron chi connectivity index (χ0n) is 17.7. The van der Waals surface area contributed by atoms with Gasteiger partial charge in [0.1, 0.15) is 5.82 Å². The minimum absolute atomic E-state index is 0.0191. The van der Waals surface area contributed by atoms with Crippen LogP contribution < -0.4 is 26.8 Å². The molecule has 2 heterocycles. The van der Waals surface area contributed by atoms with Crippen LogP contribution in [0.3, 0.4) is 0 Å². The second-order valence-corrected chi connectivity index (χ2v) is 8.54. The summed E-state index contributed by atoms with van der Waals surface area (Å²) in [6, 6.07) is -0.0191. The van der Waals surface area contributed by atoms with Gasteiger partial charge in [0.25, 0.3) is 11.5 Å². The lowest BCUT2D eigenvalue weighted by Crippen LogP contribution is -3.13. The van der Waals surface area contributed by atoms with E-state index in [4.69, 9.17) is 5.73 Å². The fourth-order valence-electron chi connectivity index (χ4n) is 4.73. The molecule has 4 N–H and O–H groups in total. The lowest BCUT2D eigenvalue weighted by molar-refractivity contribution is -0.891. The minimum atomic E-state index is -0.550. The van der Waals surface area contributed by atoms with E-state index in [1.165, 1.54) is 22.3 Å². The number of carbonyl (C=O) groups excluding carboxylic acids is 1. The first kappa shape index (κ1) is 21.6. The highest BCUT2D eigenvalue weighted by Crippen LogP contribution is 2.29. The van der Waals surface area contributed by atoms with Gasteiger partial charge in [-0.3, -0.25) is 24.0 Å². The number of quaternary nitrogens is 1. The van der Waals surface area contributed by atoms with E-state index in [1.807, 2.05) is 6.92 Å². The second kappa shape index (κ2) is 10.1. The van der Waals surface area contributed by atoms with Crippen molar-refractivity contribution in [1.82, 2.24) is 9.55 Å². The Kier molecular flexibility index (Phi) is 7.52. The number of carbonyl (C=O) groups is 1. The molecule has 0 aromatic carbocycles. The first-order valence-corrected chi connectivity index (χ1v) is 11.3. The number of unbranched alkanes of at least 4 members (excludes halogenated alkanes) is 1. The van der Waals surface area contributed by atoms with Crippen LogP contribution >= 0.6 is 0 Å². The van der Waals surface area contributed by atoms with Gasteiger partial charge in [0.05, 0.1) is 13.1 Å². The Hall–Kier alpha value is -2.09. The monoisotopic (exact) mass is 406 g/mol. The summed E-state index contributed by atoms with van der Waals surface area (Å²) in [4.78, 5) is 43.9. The molecule has 1 aliphatic carbocycles. The van der Waals surface area contributed by atoms with Crippen LogP contribution in [0, 0.1) is 0 Å². The Balaban J connectivity index is 1.95. The number of hydrogen-bond donors (Lipinski definition) is 3. The third kappa shape index (κ3) is 5.10. The third-order valence-corrected chi connectivity index (χ3v) is 6.36. The van der Waals surface area contributed by atoms with E-state index < -0.39 is 11.2 Å². The maximum Gasteiger partial charge on any atom is 0.330 e. The zero-order valence-corrected chi connectivity index (χ0v) is 17.7. The van der Waals surface area contributed by atoms with Crippen LogP contribution in [-0.4, -0.2) is 41.1 Å². The third-order valence-electron chi connectivity index (χ3n) is 6.36. The van der Waals surface area contributed by atoms with Crippen molar-refractivity contribution in [2.45, 2.75) is 83.7 Å². The van der Waals surface area contributed by atoms with E-state index in [2.05, 4.69) is 4.98 Å². The summed E-state index contributed by atoms with van der Waals surface area (Å²) in [6.45, 7) is 4.84. The molecule has 0 atom stereocenters. The van der Waals surface area contributed by atoms with Crippen molar-refractivity contribution < 1.29 is 9.69 Å². The topological polar surface area (TPSA) is 106 Å². The van der Waals surface area contributed by atoms with Gasteiger partial charge in [-0.2, -0.15) is 0 Å². The van der Waals surface area contributed by atoms with Gasteiger partial charge in [0.2, 0.25) is 0 Å². The molecule has 0 bridgehead atoms. The van der Waals surface area contributed by atoms with Gasteiger partial charge in [-0.15, -0.1) is 0 Å². The van der Waals surface area contributed by atoms with Gasteiger partial charge < -0.3 is 10.6 Å². The Bertz CT molecular complexity index is 802. The summed E-state index contributed by atoms with van der Waals surface area (Å²) in [7, 11) is 0. The summed E-state index contributed by atoms with van der Waals surface area (Å²) in [5, 5.41) is 0. The molecule has 162 valence electrons. The number of nitrogens with zero attached hydrogens (tertiary/aromatic N) is 2. The van der Waals surface area contributed by atoms with E-state index in [0.29, 0.717) is 13.1 Å². The highest BCUT2D eigenvalue weighted by Gasteiger charge is 2.34. The van der Waals surface area contributed by atoms with Crippen molar-refractivity contribution >= 4 is 17.4 Å². The Morgan fingerprint density at radius 3 is 2.41 bits per heavy atom. The highest BCUT2D eigenvalue weighted by molar-refractivity contribution is 5.96. The average Bonchev–Trinajstić information content (AvgIpc) is 3.09. The first-order valence-electron chi connectivity index (χ1n) is 11.3. The van der Waals surface area contributed by atoms with Gasteiger partial charge in [-0.05, 0) is 44.9 Å². The maximum atomic E-state index is 13.4. The summed E-state index contributed by atoms with van der Waals surface area (Å²) < 4.78 is 1.41. The maximum absolute atomic E-state index is 13.4. The van der Waals surface area contributed by atoms with Crippen molar-refractivity contribution in [1.29, 1.82) is 0 Å². The van der Waals surface area contributed by atoms with E-state index >= 15 is 0 Å². The first-order chi connectivity index (χ1) is 14.0. The van der Waals surface area contributed by atoms with Crippen molar-refractivity contribution in [3.8, 4) is 0 Å². The summed E-state index contributed by atoms with van der Waals surface area (Å²) in [5.74, 6) is 0.0741. The number of H-pyrrole nitrogens is 1. The summed E-state index contributed by atoms with van der Waals surface area (Å²) in [5.41, 5.74) is 5.46. The number of likely N-dealkylation sites (tertiary alicyclic amines) is 1. The summed E-state index contributed by atoms with van der Waals surface area (Å²) in [6.07, 6.45) is 10.2. The van der Waals surface area contributed by atoms with Crippen LogP contribution in [0.25, 0.3) is 0 Å². The summed E-state index contributed by atoms with van der Waals surface area (Å²) >= 11 is 0. The van der Waals surface area contributed by atoms with Gasteiger partial charge in [-0.25, -0.2) is 4.79 Å². The van der Waals surface area contributed by atoms with Crippen LogP contribution in [0.2, 0.25) is 0 Å². The second-order valence-electron chi connectivity index (χ2n) is 8.54. The molecule has 1 amide bonds. The SMILES string of the molecule is CCCCn1c(N)c(N(C(=O)C[NH+]2CCCCCC2)C2CCCC2)c(=O)[nH]c1=O. The molecule has 8 nitrogen and oxygen atoms in total. The molecule has 1 saturated carbocycles. The van der Waals surface area contributed by atoms with Crippen molar-refractivity contribution in [3.63, 3.8) is 0 Å². The van der Waals surface area contributed by atoms with Crippen molar-refractivity contribution in [3.05, 3.63) is 20.8 Å². The largest absolute Gasteiger partial charge is 0.383 e. The molecule has 2 fully saturated rings. The van der Waals surface area contributed by atoms with Gasteiger partial charge >= 0.3 is 5.69 Å². The van der Waals surface area contributed by atoms with Crippen LogP contribution in [0.15, 0.2) is 9.59 Å². The number of rotatable bonds is 7. The van der Waals surface area contributed by atoms with Crippen molar-refractivity contribution in [2.75, 3.05) is 30.3 Å². The van der Waals surface area contributed by atoms with Crippen LogP contribution in [0.5, 0.6) is 0 Å². The molecule has 3 rings (SSSR count). The van der Waals surface area contributed by atoms with E-state index in [0.717, 1.165) is 64.5 Å². The van der Waals surface area contributed by atoms with Gasteiger partial charge in [0, 0.05) is 12.6 Å². The quantitative estimate of drug-likeness (QED) is 0.618. The number of nitrogens with two attached hydrogens (primary N) is 1. The molecule has 1 aliphatic heterocycles. The lowest BCUT2D eigenvalue weighted by Gasteiger charge is -2.31. The molecule has 1 saturated heterocycles. The molecule has 0 unspecified atom stereocenters. The predicted molar refractivity (Wildman–Crippen MR) is 114 cm³/mol. The van der Waals surface area contributed by atoms with Gasteiger partial charge in [0.15, 0.2) is 12.2 Å². The van der Waals surface area contributed by atoms with Crippen LogP contribution in [-0.2, 0) is 11.3 Å². The molecule has 0 spiro atoms. The Morgan fingerprint density at radius 2 is 1.79 bits per heavy atom. The van der Waals surface area contributed by atoms with E-state index in [1.54, 1.807) is 4.90 Å². The number of anilines is 2. The number of aromatic amines is 1. The number of nitrogens with one attached hydrogen (secondary N) is 2. The number of nitrogen functional groups attached to an aromatic ring is 1. The van der Waals surface area contributed by atoms with Crippen LogP contribution in [0.1, 0.15) is 71.1 Å². The molecule has 8 heteroatoms. The van der Waals surface area contributed by atoms with Crippen molar-refractivity contribution in [2.24, 2.45) is 0 Å². The molecule has 2 aliphatic rings. The molecule has 0 radical (unpaired) electrons. The normalized spacial score (nSPS) is 18.7. The smallest absolute Gasteiger partial charge is 0.330 e. The van der Waals surface area contributed by atoms with E-state index in [9.17, 15) is 14.4 Å². The zero-order chi connectivity index (χ0) is 20.8. The standard InChI is InChI=1S/C21H35N5O3/c1-2-3-14-25-19(22)18(20(28)23-21(25)29)26(16-10-6-7-11-16)17(27)15-24-12-8-4-5-9-13-24/h16H,2-15,22H2,1H3,(H,23,28,29)/p+1. The Morgan fingerprint density at radius 1 is 1.14 bits per heavy atom. The molecule has 29 heavy (non-hydrogen) atoms. The predicted octanol–water partition coefficient (Wildman–Crippen LogP) is 0.653. The average molecular weight is 407 g/mol. The number of aromatic nitrogens is 2. The molecule has 1 aromatic heterocycles. The number of hydrogen-bond acceptors (Lipinski definition) is 4. The van der Waals surface area contributed by atoms with Gasteiger partial charge in [-0.1, -0.05) is 26.2 Å². The highest BCUT2D eigenvalue weighted by atomic mass is 16.2. The molecule has 1 aromatic rings. The minimum Gasteiger partial charge on any atom is -0.383 e.